The maximum atomic E-state index is 12.8. The normalized spacial score (nSPS) is 18.9. The fraction of sp³-hybridized carbons (Fsp3) is 0.381. The summed E-state index contributed by atoms with van der Waals surface area (Å²) in [5.74, 6) is 0.750. The van der Waals surface area contributed by atoms with Crippen molar-refractivity contribution in [1.82, 2.24) is 9.62 Å². The van der Waals surface area contributed by atoms with Crippen LogP contribution in [0.2, 0.25) is 5.02 Å². The van der Waals surface area contributed by atoms with Crippen LogP contribution in [0.1, 0.15) is 24.0 Å². The summed E-state index contributed by atoms with van der Waals surface area (Å²) in [5.41, 5.74) is 1.57. The Morgan fingerprint density at radius 3 is 2.63 bits per heavy atom. The number of benzene rings is 2. The van der Waals surface area contributed by atoms with E-state index in [4.69, 9.17) is 21.1 Å². The molecular formula is C21H23ClN2O5S. The van der Waals surface area contributed by atoms with Crippen molar-refractivity contribution < 1.29 is 22.7 Å². The zero-order chi connectivity index (χ0) is 21.1. The number of ether oxygens (including phenoxy) is 2. The van der Waals surface area contributed by atoms with Crippen molar-refractivity contribution in [3.05, 3.63) is 58.6 Å². The second-order valence-electron chi connectivity index (χ2n) is 7.49. The van der Waals surface area contributed by atoms with Crippen LogP contribution in [0.4, 0.5) is 0 Å². The fourth-order valence-corrected chi connectivity index (χ4v) is 5.41. The number of fused-ring (bicyclic) bond motifs is 1. The molecule has 2 aliphatic rings. The lowest BCUT2D eigenvalue weighted by atomic mass is 9.98. The molecule has 2 heterocycles. The smallest absolute Gasteiger partial charge is 0.231 e. The van der Waals surface area contributed by atoms with Gasteiger partial charge in [-0.15, -0.1) is 0 Å². The van der Waals surface area contributed by atoms with Gasteiger partial charge in [-0.2, -0.15) is 0 Å². The van der Waals surface area contributed by atoms with E-state index in [1.165, 1.54) is 4.31 Å². The number of piperidine rings is 1. The predicted molar refractivity (Wildman–Crippen MR) is 113 cm³/mol. The molecule has 0 radical (unpaired) electrons. The molecule has 7 nitrogen and oxygen atoms in total. The Labute approximate surface area is 181 Å². The molecule has 30 heavy (non-hydrogen) atoms. The van der Waals surface area contributed by atoms with Gasteiger partial charge in [0.15, 0.2) is 11.5 Å². The number of nitrogens with one attached hydrogen (secondary N) is 1. The number of sulfonamides is 1. The minimum absolute atomic E-state index is 0.101. The Morgan fingerprint density at radius 1 is 1.10 bits per heavy atom. The Balaban J connectivity index is 1.34. The SMILES string of the molecule is O=C(NCc1ccc2c(c1)OCO2)[C@H]1CCCN(S(=O)(=O)Cc2ccc(Cl)cc2)C1. The standard InChI is InChI=1S/C21H23ClN2O5S/c22-18-6-3-15(4-7-18)13-30(26,27)24-9-1-2-17(12-24)21(25)23-11-16-5-8-19-20(10-16)29-14-28-19/h3-8,10,17H,1-2,9,11-14H2,(H,23,25)/t17-/m0/s1. The molecule has 0 aliphatic carbocycles. The fourth-order valence-electron chi connectivity index (χ4n) is 3.68. The van der Waals surface area contributed by atoms with Gasteiger partial charge in [-0.1, -0.05) is 29.8 Å². The highest BCUT2D eigenvalue weighted by molar-refractivity contribution is 7.88. The summed E-state index contributed by atoms with van der Waals surface area (Å²) in [6.45, 7) is 1.18. The molecule has 0 spiro atoms. The lowest BCUT2D eigenvalue weighted by Crippen LogP contribution is -2.45. The third kappa shape index (κ3) is 4.88. The molecule has 0 unspecified atom stereocenters. The van der Waals surface area contributed by atoms with E-state index in [-0.39, 0.29) is 30.9 Å². The zero-order valence-corrected chi connectivity index (χ0v) is 17.9. The summed E-state index contributed by atoms with van der Waals surface area (Å²) in [4.78, 5) is 12.7. The van der Waals surface area contributed by atoms with Crippen LogP contribution >= 0.6 is 11.6 Å². The lowest BCUT2D eigenvalue weighted by molar-refractivity contribution is -0.126. The van der Waals surface area contributed by atoms with Gasteiger partial charge in [-0.3, -0.25) is 4.79 Å². The maximum absolute atomic E-state index is 12.8. The summed E-state index contributed by atoms with van der Waals surface area (Å²) < 4.78 is 37.7. The molecule has 1 amide bonds. The van der Waals surface area contributed by atoms with Gasteiger partial charge in [0, 0.05) is 24.7 Å². The Bertz CT molecular complexity index is 1030. The van der Waals surface area contributed by atoms with E-state index in [9.17, 15) is 13.2 Å². The Kier molecular flexibility index (Phi) is 6.17. The molecule has 9 heteroatoms. The first kappa shape index (κ1) is 21.0. The zero-order valence-electron chi connectivity index (χ0n) is 16.3. The predicted octanol–water partition coefficient (Wildman–Crippen LogP) is 2.93. The number of halogens is 1. The van der Waals surface area contributed by atoms with Gasteiger partial charge in [0.05, 0.1) is 11.7 Å². The molecule has 0 bridgehead atoms. The number of hydrogen-bond donors (Lipinski definition) is 1. The van der Waals surface area contributed by atoms with Crippen LogP contribution in [-0.2, 0) is 27.1 Å². The number of carbonyl (C=O) groups excluding carboxylic acids is 1. The van der Waals surface area contributed by atoms with Crippen molar-refractivity contribution in [2.45, 2.75) is 25.1 Å². The third-order valence-electron chi connectivity index (χ3n) is 5.31. The molecule has 0 saturated carbocycles. The number of nitrogens with zero attached hydrogens (tertiary/aromatic N) is 1. The summed E-state index contributed by atoms with van der Waals surface area (Å²) in [7, 11) is -3.51. The molecular weight excluding hydrogens is 428 g/mol. The van der Waals surface area contributed by atoms with Crippen LogP contribution in [0, 0.1) is 5.92 Å². The van der Waals surface area contributed by atoms with E-state index >= 15 is 0 Å². The number of hydrogen-bond acceptors (Lipinski definition) is 5. The van der Waals surface area contributed by atoms with Crippen molar-refractivity contribution in [2.75, 3.05) is 19.9 Å². The molecule has 1 fully saturated rings. The summed E-state index contributed by atoms with van der Waals surface area (Å²) in [6, 6.07) is 12.3. The van der Waals surface area contributed by atoms with Gasteiger partial charge >= 0.3 is 0 Å². The Hall–Kier alpha value is -2.29. The van der Waals surface area contributed by atoms with E-state index in [0.29, 0.717) is 48.0 Å². The van der Waals surface area contributed by atoms with Crippen LogP contribution < -0.4 is 14.8 Å². The quantitative estimate of drug-likeness (QED) is 0.731. The number of amides is 1. The molecule has 1 atom stereocenters. The summed E-state index contributed by atoms with van der Waals surface area (Å²) in [6.07, 6.45) is 1.32. The molecule has 0 aromatic heterocycles. The molecule has 2 aromatic rings. The molecule has 2 aliphatic heterocycles. The van der Waals surface area contributed by atoms with Crippen LogP contribution in [0.3, 0.4) is 0 Å². The largest absolute Gasteiger partial charge is 0.454 e. The first-order chi connectivity index (χ1) is 14.4. The number of carbonyl (C=O) groups is 1. The molecule has 160 valence electrons. The molecule has 1 saturated heterocycles. The minimum atomic E-state index is -3.51. The summed E-state index contributed by atoms with van der Waals surface area (Å²) >= 11 is 5.87. The van der Waals surface area contributed by atoms with Crippen molar-refractivity contribution in [1.29, 1.82) is 0 Å². The first-order valence-corrected chi connectivity index (χ1v) is 11.8. The second kappa shape index (κ2) is 8.83. The van der Waals surface area contributed by atoms with Gasteiger partial charge in [-0.25, -0.2) is 12.7 Å². The highest BCUT2D eigenvalue weighted by atomic mass is 35.5. The van der Waals surface area contributed by atoms with Crippen molar-refractivity contribution in [3.8, 4) is 11.5 Å². The van der Waals surface area contributed by atoms with E-state index in [1.54, 1.807) is 24.3 Å². The highest BCUT2D eigenvalue weighted by Gasteiger charge is 2.32. The van der Waals surface area contributed by atoms with Crippen LogP contribution in [0.15, 0.2) is 42.5 Å². The highest BCUT2D eigenvalue weighted by Crippen LogP contribution is 2.32. The minimum Gasteiger partial charge on any atom is -0.454 e. The monoisotopic (exact) mass is 450 g/mol. The first-order valence-electron chi connectivity index (χ1n) is 9.79. The van der Waals surface area contributed by atoms with Gasteiger partial charge in [0.1, 0.15) is 0 Å². The van der Waals surface area contributed by atoms with E-state index in [1.807, 2.05) is 18.2 Å². The third-order valence-corrected chi connectivity index (χ3v) is 7.38. The van der Waals surface area contributed by atoms with Crippen molar-refractivity contribution in [3.63, 3.8) is 0 Å². The number of rotatable bonds is 6. The van der Waals surface area contributed by atoms with Crippen LogP contribution in [0.5, 0.6) is 11.5 Å². The van der Waals surface area contributed by atoms with Gasteiger partial charge in [-0.05, 0) is 48.2 Å². The van der Waals surface area contributed by atoms with Gasteiger partial charge in [0.25, 0.3) is 0 Å². The van der Waals surface area contributed by atoms with Gasteiger partial charge < -0.3 is 14.8 Å². The average Bonchev–Trinajstić information content (AvgIpc) is 3.21. The molecule has 4 rings (SSSR count). The Morgan fingerprint density at radius 2 is 1.83 bits per heavy atom. The van der Waals surface area contributed by atoms with Crippen LogP contribution in [0.25, 0.3) is 0 Å². The topological polar surface area (TPSA) is 84.9 Å². The van der Waals surface area contributed by atoms with Crippen molar-refractivity contribution in [2.24, 2.45) is 5.92 Å². The molecule has 1 N–H and O–H groups in total. The maximum Gasteiger partial charge on any atom is 0.231 e. The van der Waals surface area contributed by atoms with E-state index in [0.717, 1.165) is 5.56 Å². The second-order valence-corrected chi connectivity index (χ2v) is 9.89. The van der Waals surface area contributed by atoms with Crippen molar-refractivity contribution >= 4 is 27.5 Å². The van der Waals surface area contributed by atoms with Crippen LogP contribution in [-0.4, -0.2) is 38.5 Å². The van der Waals surface area contributed by atoms with E-state index in [2.05, 4.69) is 5.32 Å². The van der Waals surface area contributed by atoms with Gasteiger partial charge in [0.2, 0.25) is 22.7 Å². The summed E-state index contributed by atoms with van der Waals surface area (Å²) in [5, 5.41) is 3.48. The van der Waals surface area contributed by atoms with E-state index < -0.39 is 10.0 Å². The molecule has 2 aromatic carbocycles. The lowest BCUT2D eigenvalue weighted by Gasteiger charge is -2.31. The average molecular weight is 451 g/mol.